The number of hydrogen-bond donors (Lipinski definition) is 1. The molecule has 1 saturated carbocycles. The third kappa shape index (κ3) is 0.728. The van der Waals surface area contributed by atoms with E-state index >= 15 is 0 Å². The van der Waals surface area contributed by atoms with Gasteiger partial charge in [0, 0.05) is 12.5 Å². The standard InChI is InChI=1S/C7H9F2N/c8-7(9)6-4-1-2-10-3-5(4)6/h1-2,4-7,10H,3H2/t4-,5-,6?/m1/s1. The van der Waals surface area contributed by atoms with Crippen LogP contribution in [0.3, 0.4) is 0 Å². The molecule has 0 aromatic rings. The first-order chi connectivity index (χ1) is 4.80. The first-order valence-corrected chi connectivity index (χ1v) is 3.49. The summed E-state index contributed by atoms with van der Waals surface area (Å²) in [7, 11) is 0. The van der Waals surface area contributed by atoms with Crippen LogP contribution in [-0.2, 0) is 0 Å². The van der Waals surface area contributed by atoms with Gasteiger partial charge in [0.15, 0.2) is 0 Å². The summed E-state index contributed by atoms with van der Waals surface area (Å²) in [6.45, 7) is 0.732. The maximum atomic E-state index is 12.1. The fourth-order valence-corrected chi connectivity index (χ4v) is 1.71. The van der Waals surface area contributed by atoms with Gasteiger partial charge in [-0.25, -0.2) is 8.78 Å². The van der Waals surface area contributed by atoms with Crippen molar-refractivity contribution in [3.63, 3.8) is 0 Å². The summed E-state index contributed by atoms with van der Waals surface area (Å²) in [5.74, 6) is 0.0255. The van der Waals surface area contributed by atoms with Gasteiger partial charge in [-0.15, -0.1) is 0 Å². The van der Waals surface area contributed by atoms with Crippen LogP contribution >= 0.6 is 0 Å². The number of fused-ring (bicyclic) bond motifs is 1. The molecule has 1 heterocycles. The number of nitrogens with one attached hydrogen (secondary N) is 1. The Morgan fingerprint density at radius 3 is 2.80 bits per heavy atom. The predicted octanol–water partition coefficient (Wildman–Crippen LogP) is 1.23. The Hall–Kier alpha value is -0.600. The van der Waals surface area contributed by atoms with Gasteiger partial charge in [-0.05, 0) is 18.0 Å². The summed E-state index contributed by atoms with van der Waals surface area (Å²) in [4.78, 5) is 0. The van der Waals surface area contributed by atoms with Gasteiger partial charge in [0.25, 0.3) is 0 Å². The van der Waals surface area contributed by atoms with Crippen molar-refractivity contribution in [1.82, 2.24) is 5.32 Å². The average molecular weight is 145 g/mol. The van der Waals surface area contributed by atoms with Crippen molar-refractivity contribution >= 4 is 0 Å². The molecule has 0 aromatic heterocycles. The van der Waals surface area contributed by atoms with Crippen molar-refractivity contribution in [2.45, 2.75) is 6.43 Å². The van der Waals surface area contributed by atoms with Crippen LogP contribution in [-0.4, -0.2) is 13.0 Å². The number of allylic oxidation sites excluding steroid dienone is 1. The normalized spacial score (nSPS) is 42.9. The van der Waals surface area contributed by atoms with Gasteiger partial charge in [0.05, 0.1) is 0 Å². The number of alkyl halides is 2. The van der Waals surface area contributed by atoms with Gasteiger partial charge >= 0.3 is 0 Å². The van der Waals surface area contributed by atoms with E-state index in [1.165, 1.54) is 0 Å². The lowest BCUT2D eigenvalue weighted by atomic mass is 10.2. The van der Waals surface area contributed by atoms with E-state index in [1.807, 2.05) is 6.08 Å². The monoisotopic (exact) mass is 145 g/mol. The van der Waals surface area contributed by atoms with Crippen LogP contribution in [0.15, 0.2) is 12.3 Å². The van der Waals surface area contributed by atoms with E-state index in [1.54, 1.807) is 6.20 Å². The summed E-state index contributed by atoms with van der Waals surface area (Å²) in [6.07, 6.45) is 1.51. The highest BCUT2D eigenvalue weighted by atomic mass is 19.3. The van der Waals surface area contributed by atoms with Crippen LogP contribution < -0.4 is 5.32 Å². The summed E-state index contributed by atoms with van der Waals surface area (Å²) in [6, 6.07) is 0. The Bertz CT molecular complexity index is 167. The van der Waals surface area contributed by atoms with Crippen molar-refractivity contribution in [3.8, 4) is 0 Å². The molecule has 3 atom stereocenters. The minimum absolute atomic E-state index is 0.168. The molecule has 0 radical (unpaired) electrons. The quantitative estimate of drug-likeness (QED) is 0.585. The van der Waals surface area contributed by atoms with Gasteiger partial charge < -0.3 is 5.32 Å². The maximum absolute atomic E-state index is 12.1. The zero-order chi connectivity index (χ0) is 7.14. The molecule has 0 bridgehead atoms. The lowest BCUT2D eigenvalue weighted by Gasteiger charge is -2.01. The Morgan fingerprint density at radius 1 is 1.50 bits per heavy atom. The Balaban J connectivity index is 2.02. The van der Waals surface area contributed by atoms with Crippen molar-refractivity contribution in [2.24, 2.45) is 17.8 Å². The second kappa shape index (κ2) is 1.94. The molecule has 1 nitrogen and oxygen atoms in total. The predicted molar refractivity (Wildman–Crippen MR) is 33.6 cm³/mol. The molecule has 0 aromatic carbocycles. The van der Waals surface area contributed by atoms with Crippen molar-refractivity contribution in [1.29, 1.82) is 0 Å². The third-order valence-corrected chi connectivity index (χ3v) is 2.37. The SMILES string of the molecule is FC(F)C1[C@@H]2C=CNC[C@@H]12. The summed E-state index contributed by atoms with van der Waals surface area (Å²) >= 11 is 0. The number of rotatable bonds is 1. The topological polar surface area (TPSA) is 12.0 Å². The minimum atomic E-state index is -2.13. The molecular formula is C7H9F2N. The second-order valence-corrected chi connectivity index (χ2v) is 2.92. The summed E-state index contributed by atoms with van der Waals surface area (Å²) in [5, 5.41) is 2.95. The van der Waals surface area contributed by atoms with Crippen LogP contribution in [0, 0.1) is 17.8 Å². The van der Waals surface area contributed by atoms with Gasteiger partial charge in [-0.3, -0.25) is 0 Å². The van der Waals surface area contributed by atoms with Crippen LogP contribution in [0.4, 0.5) is 8.78 Å². The van der Waals surface area contributed by atoms with Gasteiger partial charge in [-0.1, -0.05) is 6.08 Å². The molecule has 0 saturated heterocycles. The van der Waals surface area contributed by atoms with Gasteiger partial charge in [0.1, 0.15) is 0 Å². The van der Waals surface area contributed by atoms with E-state index in [0.717, 1.165) is 6.54 Å². The molecule has 1 unspecified atom stereocenters. The van der Waals surface area contributed by atoms with E-state index in [9.17, 15) is 8.78 Å². The highest BCUT2D eigenvalue weighted by Gasteiger charge is 2.54. The fourth-order valence-electron chi connectivity index (χ4n) is 1.71. The molecule has 1 N–H and O–H groups in total. The second-order valence-electron chi connectivity index (χ2n) is 2.92. The van der Waals surface area contributed by atoms with Gasteiger partial charge in [0.2, 0.25) is 6.43 Å². The zero-order valence-corrected chi connectivity index (χ0v) is 5.43. The molecule has 56 valence electrons. The average Bonchev–Trinajstić information content (AvgIpc) is 2.60. The fraction of sp³-hybridized carbons (Fsp3) is 0.714. The van der Waals surface area contributed by atoms with E-state index in [0.29, 0.717) is 0 Å². The highest BCUT2D eigenvalue weighted by Crippen LogP contribution is 2.51. The molecule has 10 heavy (non-hydrogen) atoms. The largest absolute Gasteiger partial charge is 0.391 e. The van der Waals surface area contributed by atoms with Gasteiger partial charge in [-0.2, -0.15) is 0 Å². The first-order valence-electron chi connectivity index (χ1n) is 3.49. The van der Waals surface area contributed by atoms with Crippen LogP contribution in [0.2, 0.25) is 0 Å². The molecular weight excluding hydrogens is 136 g/mol. The van der Waals surface area contributed by atoms with Crippen molar-refractivity contribution in [3.05, 3.63) is 12.3 Å². The summed E-state index contributed by atoms with van der Waals surface area (Å²) in [5.41, 5.74) is 0. The number of halogens is 2. The molecule has 1 fully saturated rings. The molecule has 2 aliphatic rings. The van der Waals surface area contributed by atoms with E-state index in [-0.39, 0.29) is 17.8 Å². The van der Waals surface area contributed by atoms with E-state index < -0.39 is 6.43 Å². The molecule has 1 aliphatic carbocycles. The Morgan fingerprint density at radius 2 is 2.30 bits per heavy atom. The lowest BCUT2D eigenvalue weighted by Crippen LogP contribution is -2.13. The highest BCUT2D eigenvalue weighted by molar-refractivity contribution is 5.13. The molecule has 0 spiro atoms. The van der Waals surface area contributed by atoms with Crippen molar-refractivity contribution < 1.29 is 8.78 Å². The van der Waals surface area contributed by atoms with Crippen LogP contribution in [0.1, 0.15) is 0 Å². The molecule has 1 aliphatic heterocycles. The van der Waals surface area contributed by atoms with Crippen LogP contribution in [0.25, 0.3) is 0 Å². The smallest absolute Gasteiger partial charge is 0.242 e. The zero-order valence-electron chi connectivity index (χ0n) is 5.43. The third-order valence-electron chi connectivity index (χ3n) is 2.37. The minimum Gasteiger partial charge on any atom is -0.391 e. The summed E-state index contributed by atoms with van der Waals surface area (Å²) < 4.78 is 24.1. The first kappa shape index (κ1) is 6.13. The van der Waals surface area contributed by atoms with Crippen LogP contribution in [0.5, 0.6) is 0 Å². The molecule has 3 heteroatoms. The van der Waals surface area contributed by atoms with E-state index in [2.05, 4.69) is 5.32 Å². The Kier molecular flexibility index (Phi) is 1.19. The number of hydrogen-bond acceptors (Lipinski definition) is 1. The van der Waals surface area contributed by atoms with E-state index in [4.69, 9.17) is 0 Å². The lowest BCUT2D eigenvalue weighted by molar-refractivity contribution is 0.113. The Labute approximate surface area is 58.1 Å². The molecule has 2 rings (SSSR count). The molecule has 0 amide bonds. The maximum Gasteiger partial charge on any atom is 0.242 e. The van der Waals surface area contributed by atoms with Crippen molar-refractivity contribution in [2.75, 3.05) is 6.54 Å².